The number of rotatable bonds is 6. The number of nitrogens with zero attached hydrogens (tertiary/aromatic N) is 7. The number of anilines is 4. The van der Waals surface area contributed by atoms with Crippen molar-refractivity contribution >= 4 is 29.7 Å². The van der Waals surface area contributed by atoms with E-state index in [1.54, 1.807) is 6.21 Å². The molecule has 2 aliphatic heterocycles. The minimum absolute atomic E-state index is 0.507. The molecule has 1 aromatic heterocycles. The maximum absolute atomic E-state index is 4.81. The quantitative estimate of drug-likeness (QED) is 0.580. The van der Waals surface area contributed by atoms with Crippen molar-refractivity contribution in [2.24, 2.45) is 5.10 Å². The predicted octanol–water partition coefficient (Wildman–Crippen LogP) is 3.36. The zero-order chi connectivity index (χ0) is 20.8. The molecule has 1 aromatic carbocycles. The van der Waals surface area contributed by atoms with Gasteiger partial charge in [-0.15, -0.1) is 0 Å². The number of hydrogen-bond donors (Lipinski definition) is 1. The Morgan fingerprint density at radius 1 is 0.800 bits per heavy atom. The number of piperidine rings is 2. The van der Waals surface area contributed by atoms with E-state index in [2.05, 4.69) is 47.3 Å². The highest BCUT2D eigenvalue weighted by atomic mass is 15.4. The second-order valence-electron chi connectivity index (χ2n) is 8.21. The Kier molecular flexibility index (Phi) is 6.61. The van der Waals surface area contributed by atoms with Gasteiger partial charge in [-0.1, -0.05) is 12.1 Å². The zero-order valence-corrected chi connectivity index (χ0v) is 18.1. The fourth-order valence-corrected chi connectivity index (χ4v) is 3.90. The fourth-order valence-electron chi connectivity index (χ4n) is 3.90. The highest BCUT2D eigenvalue weighted by Gasteiger charge is 2.20. The van der Waals surface area contributed by atoms with E-state index in [0.29, 0.717) is 5.95 Å². The summed E-state index contributed by atoms with van der Waals surface area (Å²) in [6, 6.07) is 8.25. The summed E-state index contributed by atoms with van der Waals surface area (Å²) in [6.45, 7) is 4.02. The van der Waals surface area contributed by atoms with E-state index in [0.717, 1.165) is 49.3 Å². The summed E-state index contributed by atoms with van der Waals surface area (Å²) in [6.07, 6.45) is 9.11. The van der Waals surface area contributed by atoms with Crippen LogP contribution in [0.4, 0.5) is 23.5 Å². The average Bonchev–Trinajstić information content (AvgIpc) is 2.80. The Morgan fingerprint density at radius 3 is 1.83 bits per heavy atom. The molecular formula is C22H32N8. The van der Waals surface area contributed by atoms with Gasteiger partial charge in [0.2, 0.25) is 17.8 Å². The molecule has 0 bridgehead atoms. The van der Waals surface area contributed by atoms with Crippen LogP contribution in [0.2, 0.25) is 0 Å². The van der Waals surface area contributed by atoms with Gasteiger partial charge in [0, 0.05) is 46.0 Å². The molecule has 160 valence electrons. The van der Waals surface area contributed by atoms with Crippen molar-refractivity contribution in [3.05, 3.63) is 29.8 Å². The Hall–Kier alpha value is -2.90. The molecule has 2 saturated heterocycles. The summed E-state index contributed by atoms with van der Waals surface area (Å²) >= 11 is 0. The third-order valence-corrected chi connectivity index (χ3v) is 5.68. The largest absolute Gasteiger partial charge is 0.378 e. The van der Waals surface area contributed by atoms with Crippen molar-refractivity contribution in [3.63, 3.8) is 0 Å². The van der Waals surface area contributed by atoms with E-state index in [4.69, 9.17) is 4.98 Å². The van der Waals surface area contributed by atoms with Crippen molar-refractivity contribution in [2.45, 2.75) is 38.5 Å². The number of benzene rings is 1. The third kappa shape index (κ3) is 5.17. The van der Waals surface area contributed by atoms with Crippen LogP contribution in [0.25, 0.3) is 0 Å². The van der Waals surface area contributed by atoms with Crippen molar-refractivity contribution in [1.29, 1.82) is 0 Å². The number of nitrogens with one attached hydrogen (secondary N) is 1. The molecule has 0 aliphatic carbocycles. The molecule has 0 spiro atoms. The van der Waals surface area contributed by atoms with Gasteiger partial charge in [-0.25, -0.2) is 5.43 Å². The van der Waals surface area contributed by atoms with E-state index in [-0.39, 0.29) is 0 Å². The van der Waals surface area contributed by atoms with Crippen LogP contribution in [0.1, 0.15) is 44.1 Å². The topological polar surface area (TPSA) is 72.8 Å². The lowest BCUT2D eigenvalue weighted by Gasteiger charge is -2.30. The van der Waals surface area contributed by atoms with Gasteiger partial charge in [-0.05, 0) is 56.2 Å². The predicted molar refractivity (Wildman–Crippen MR) is 124 cm³/mol. The van der Waals surface area contributed by atoms with Crippen LogP contribution < -0.4 is 20.1 Å². The average molecular weight is 409 g/mol. The van der Waals surface area contributed by atoms with E-state index in [1.165, 1.54) is 38.5 Å². The van der Waals surface area contributed by atoms with E-state index in [1.807, 2.05) is 26.2 Å². The first kappa shape index (κ1) is 20.4. The molecule has 2 aromatic rings. The van der Waals surface area contributed by atoms with E-state index in [9.17, 15) is 0 Å². The fraction of sp³-hybridized carbons (Fsp3) is 0.545. The van der Waals surface area contributed by atoms with E-state index >= 15 is 0 Å². The molecule has 30 heavy (non-hydrogen) atoms. The first-order valence-corrected chi connectivity index (χ1v) is 11.0. The lowest BCUT2D eigenvalue weighted by Crippen LogP contribution is -2.34. The molecule has 0 saturated carbocycles. The third-order valence-electron chi connectivity index (χ3n) is 5.68. The Labute approximate surface area is 179 Å². The summed E-state index contributed by atoms with van der Waals surface area (Å²) in [5.41, 5.74) is 5.22. The van der Waals surface area contributed by atoms with Gasteiger partial charge >= 0.3 is 0 Å². The highest BCUT2D eigenvalue weighted by molar-refractivity contribution is 5.80. The van der Waals surface area contributed by atoms with Crippen LogP contribution in [-0.4, -0.2) is 61.4 Å². The summed E-state index contributed by atoms with van der Waals surface area (Å²) in [5, 5.41) is 4.38. The molecule has 1 N–H and O–H groups in total. The number of hydrazone groups is 1. The molecule has 0 atom stereocenters. The van der Waals surface area contributed by atoms with Crippen molar-refractivity contribution in [3.8, 4) is 0 Å². The summed E-state index contributed by atoms with van der Waals surface area (Å²) < 4.78 is 0. The zero-order valence-electron chi connectivity index (χ0n) is 18.1. The van der Waals surface area contributed by atoms with Crippen molar-refractivity contribution in [2.75, 3.05) is 60.4 Å². The van der Waals surface area contributed by atoms with Crippen molar-refractivity contribution in [1.82, 2.24) is 15.0 Å². The Bertz CT molecular complexity index is 800. The molecule has 0 amide bonds. The van der Waals surface area contributed by atoms with Gasteiger partial charge < -0.3 is 14.7 Å². The van der Waals surface area contributed by atoms with Crippen LogP contribution in [-0.2, 0) is 0 Å². The monoisotopic (exact) mass is 408 g/mol. The molecule has 2 aliphatic rings. The van der Waals surface area contributed by atoms with E-state index < -0.39 is 0 Å². The van der Waals surface area contributed by atoms with Gasteiger partial charge in [-0.2, -0.15) is 20.1 Å². The normalized spacial score (nSPS) is 17.4. The minimum Gasteiger partial charge on any atom is -0.378 e. The molecule has 4 rings (SSSR count). The molecule has 3 heterocycles. The second-order valence-corrected chi connectivity index (χ2v) is 8.21. The number of hydrogen-bond acceptors (Lipinski definition) is 8. The minimum atomic E-state index is 0.507. The molecule has 0 radical (unpaired) electrons. The highest BCUT2D eigenvalue weighted by Crippen LogP contribution is 2.22. The van der Waals surface area contributed by atoms with Gasteiger partial charge in [0.15, 0.2) is 0 Å². The Morgan fingerprint density at radius 2 is 1.33 bits per heavy atom. The molecule has 0 unspecified atom stereocenters. The van der Waals surface area contributed by atoms with Gasteiger partial charge in [0.25, 0.3) is 0 Å². The summed E-state index contributed by atoms with van der Waals surface area (Å²) in [7, 11) is 4.07. The maximum atomic E-state index is 4.81. The van der Waals surface area contributed by atoms with Crippen LogP contribution in [0.3, 0.4) is 0 Å². The smallest absolute Gasteiger partial charge is 0.250 e. The lowest BCUT2D eigenvalue weighted by atomic mass is 10.1. The van der Waals surface area contributed by atoms with Crippen LogP contribution in [0.15, 0.2) is 29.4 Å². The molecular weight excluding hydrogens is 376 g/mol. The maximum Gasteiger partial charge on any atom is 0.250 e. The van der Waals surface area contributed by atoms with Crippen LogP contribution in [0, 0.1) is 0 Å². The second kappa shape index (κ2) is 9.73. The first-order valence-electron chi connectivity index (χ1n) is 11.0. The molecule has 8 nitrogen and oxygen atoms in total. The summed E-state index contributed by atoms with van der Waals surface area (Å²) in [4.78, 5) is 20.8. The van der Waals surface area contributed by atoms with Crippen LogP contribution in [0.5, 0.6) is 0 Å². The van der Waals surface area contributed by atoms with Gasteiger partial charge in [0.1, 0.15) is 0 Å². The van der Waals surface area contributed by atoms with Crippen molar-refractivity contribution < 1.29 is 0 Å². The number of aromatic nitrogens is 3. The molecule has 8 heteroatoms. The van der Waals surface area contributed by atoms with Gasteiger partial charge in [0.05, 0.1) is 6.21 Å². The SMILES string of the molecule is CN(C)c1ccc(/C=N\Nc2nc(N3CCCCC3)nc(N3CCCCC3)n2)cc1. The molecule has 2 fully saturated rings. The summed E-state index contributed by atoms with van der Waals surface area (Å²) in [5.74, 6) is 2.03. The van der Waals surface area contributed by atoms with Crippen LogP contribution >= 0.6 is 0 Å². The Balaban J connectivity index is 1.51. The lowest BCUT2D eigenvalue weighted by molar-refractivity contribution is 0.556. The first-order chi connectivity index (χ1) is 14.7. The van der Waals surface area contributed by atoms with Gasteiger partial charge in [-0.3, -0.25) is 0 Å². The standard InChI is InChI=1S/C22H32N8/c1-28(2)19-11-9-18(10-12-19)17-23-27-20-24-21(29-13-5-3-6-14-29)26-22(25-20)30-15-7-4-8-16-30/h9-12,17H,3-8,13-16H2,1-2H3,(H,24,25,26,27)/b23-17-.